The molecule has 1 atom stereocenters. The van der Waals surface area contributed by atoms with Gasteiger partial charge in [-0.2, -0.15) is 0 Å². The maximum Gasteiger partial charge on any atom is 0.418 e. The van der Waals surface area contributed by atoms with E-state index in [1.165, 1.54) is 5.57 Å². The molecule has 2 aromatic rings. The molecule has 0 bridgehead atoms. The zero-order valence-corrected chi connectivity index (χ0v) is 16.6. The Labute approximate surface area is 165 Å². The van der Waals surface area contributed by atoms with E-state index in [-0.39, 0.29) is 11.9 Å². The zero-order valence-electron chi connectivity index (χ0n) is 16.6. The summed E-state index contributed by atoms with van der Waals surface area (Å²) in [5, 5.41) is 0. The third kappa shape index (κ3) is 3.47. The third-order valence-corrected chi connectivity index (χ3v) is 5.32. The van der Waals surface area contributed by atoms with Crippen molar-refractivity contribution in [2.45, 2.75) is 45.6 Å². The maximum atomic E-state index is 12.8. The summed E-state index contributed by atoms with van der Waals surface area (Å²) in [5.74, 6) is 0.419. The lowest BCUT2D eigenvalue weighted by Crippen LogP contribution is -2.28. The van der Waals surface area contributed by atoms with Crippen molar-refractivity contribution in [3.63, 3.8) is 0 Å². The van der Waals surface area contributed by atoms with Gasteiger partial charge >= 0.3 is 6.09 Å². The second-order valence-electron chi connectivity index (χ2n) is 8.48. The van der Waals surface area contributed by atoms with Crippen LogP contribution >= 0.6 is 0 Å². The summed E-state index contributed by atoms with van der Waals surface area (Å²) in [6, 6.07) is 11.4. The van der Waals surface area contributed by atoms with Gasteiger partial charge in [-0.15, -0.1) is 0 Å². The van der Waals surface area contributed by atoms with Gasteiger partial charge in [-0.1, -0.05) is 42.5 Å². The number of carbonyl (C=O) groups excluding carboxylic acids is 2. The van der Waals surface area contributed by atoms with E-state index in [2.05, 4.69) is 6.08 Å². The normalized spacial score (nSPS) is 18.5. The number of carbonyl (C=O) groups is 2. The summed E-state index contributed by atoms with van der Waals surface area (Å²) < 4.78 is 7.16. The third-order valence-electron chi connectivity index (χ3n) is 5.32. The van der Waals surface area contributed by atoms with Crippen LogP contribution < -0.4 is 0 Å². The first-order valence-electron chi connectivity index (χ1n) is 9.78. The van der Waals surface area contributed by atoms with Gasteiger partial charge in [0.1, 0.15) is 5.60 Å². The van der Waals surface area contributed by atoms with Crippen LogP contribution in [0.25, 0.3) is 5.57 Å². The fraction of sp³-hybridized carbons (Fsp3) is 0.333. The molecular weight excluding hydrogens is 350 g/mol. The van der Waals surface area contributed by atoms with E-state index < -0.39 is 5.60 Å². The summed E-state index contributed by atoms with van der Waals surface area (Å²) in [5.41, 5.74) is 4.39. The van der Waals surface area contributed by atoms with Crippen LogP contribution in [0.1, 0.15) is 55.2 Å². The van der Waals surface area contributed by atoms with Crippen LogP contribution in [-0.2, 0) is 11.2 Å². The molecule has 4 rings (SSSR count). The van der Waals surface area contributed by atoms with Crippen LogP contribution in [0.3, 0.4) is 0 Å². The largest absolute Gasteiger partial charge is 0.443 e. The van der Waals surface area contributed by atoms with Crippen molar-refractivity contribution >= 4 is 17.4 Å². The Kier molecular flexibility index (Phi) is 4.58. The monoisotopic (exact) mass is 375 g/mol. The highest BCUT2D eigenvalue weighted by molar-refractivity contribution is 6.09. The van der Waals surface area contributed by atoms with Crippen molar-refractivity contribution < 1.29 is 14.3 Å². The van der Waals surface area contributed by atoms with Crippen LogP contribution in [0.15, 0.2) is 60.3 Å². The average molecular weight is 375 g/mol. The number of rotatable bonds is 2. The second kappa shape index (κ2) is 6.93. The number of ether oxygens (including phenoxy) is 1. The van der Waals surface area contributed by atoms with Crippen molar-refractivity contribution in [3.05, 3.63) is 77.1 Å². The molecule has 0 amide bonds. The predicted octanol–water partition coefficient (Wildman–Crippen LogP) is 5.43. The second-order valence-corrected chi connectivity index (χ2v) is 8.48. The topological polar surface area (TPSA) is 48.3 Å². The first-order chi connectivity index (χ1) is 13.3. The van der Waals surface area contributed by atoms with Gasteiger partial charge in [-0.3, -0.25) is 9.36 Å². The number of fused-ring (bicyclic) bond motifs is 3. The van der Waals surface area contributed by atoms with Crippen LogP contribution in [-0.4, -0.2) is 22.0 Å². The van der Waals surface area contributed by atoms with Gasteiger partial charge in [-0.05, 0) is 63.2 Å². The van der Waals surface area contributed by atoms with E-state index in [1.54, 1.807) is 10.8 Å². The zero-order chi connectivity index (χ0) is 19.9. The molecule has 2 aliphatic carbocycles. The highest BCUT2D eigenvalue weighted by atomic mass is 16.6. The molecule has 0 aliphatic heterocycles. The van der Waals surface area contributed by atoms with E-state index in [4.69, 9.17) is 4.74 Å². The molecule has 1 aromatic carbocycles. The average Bonchev–Trinajstić information content (AvgIpc) is 3.11. The first kappa shape index (κ1) is 18.5. The fourth-order valence-electron chi connectivity index (χ4n) is 4.06. The molecule has 2 aliphatic rings. The van der Waals surface area contributed by atoms with Gasteiger partial charge in [0.15, 0.2) is 5.78 Å². The fourth-order valence-corrected chi connectivity index (χ4v) is 4.06. The Morgan fingerprint density at radius 2 is 1.82 bits per heavy atom. The summed E-state index contributed by atoms with van der Waals surface area (Å²) in [4.78, 5) is 25.3. The van der Waals surface area contributed by atoms with Crippen molar-refractivity contribution in [1.82, 2.24) is 4.57 Å². The minimum absolute atomic E-state index is 0.105. The van der Waals surface area contributed by atoms with E-state index in [1.807, 2.05) is 63.2 Å². The molecule has 28 heavy (non-hydrogen) atoms. The van der Waals surface area contributed by atoms with Gasteiger partial charge in [0.05, 0.1) is 0 Å². The summed E-state index contributed by atoms with van der Waals surface area (Å²) in [7, 11) is 0. The van der Waals surface area contributed by atoms with Crippen molar-refractivity contribution in [2.24, 2.45) is 5.92 Å². The van der Waals surface area contributed by atoms with E-state index in [0.717, 1.165) is 41.7 Å². The Balaban J connectivity index is 1.62. The Hall–Kier alpha value is -2.88. The number of Topliss-reactive ketones (excluding diaryl/α,β-unsaturated/α-hetero) is 1. The Bertz CT molecular complexity index is 987. The summed E-state index contributed by atoms with van der Waals surface area (Å²) in [6.45, 7) is 5.61. The van der Waals surface area contributed by atoms with E-state index in [9.17, 15) is 9.59 Å². The Morgan fingerprint density at radius 1 is 1.07 bits per heavy atom. The molecular formula is C24H25NO3. The molecule has 0 saturated carbocycles. The lowest BCUT2D eigenvalue weighted by atomic mass is 9.75. The molecule has 1 aromatic heterocycles. The highest BCUT2D eigenvalue weighted by Crippen LogP contribution is 2.42. The smallest absolute Gasteiger partial charge is 0.418 e. The molecule has 0 unspecified atom stereocenters. The van der Waals surface area contributed by atoms with Gasteiger partial charge in [0, 0.05) is 23.0 Å². The molecule has 4 nitrogen and oxygen atoms in total. The van der Waals surface area contributed by atoms with Crippen LogP contribution in [0.5, 0.6) is 0 Å². The number of hydrogen-bond acceptors (Lipinski definition) is 3. The number of allylic oxidation sites excluding steroid dienone is 4. The van der Waals surface area contributed by atoms with Gasteiger partial charge in [0.2, 0.25) is 0 Å². The maximum absolute atomic E-state index is 12.8. The summed E-state index contributed by atoms with van der Waals surface area (Å²) in [6.07, 6.45) is 7.94. The number of nitrogens with zero attached hydrogens (tertiary/aromatic N) is 1. The highest BCUT2D eigenvalue weighted by Gasteiger charge is 2.32. The molecule has 0 spiro atoms. The lowest BCUT2D eigenvalue weighted by Gasteiger charge is -2.30. The molecule has 0 radical (unpaired) electrons. The molecule has 4 heteroatoms. The molecule has 144 valence electrons. The summed E-state index contributed by atoms with van der Waals surface area (Å²) >= 11 is 0. The lowest BCUT2D eigenvalue weighted by molar-refractivity contribution is 0.0532. The number of hydrogen-bond donors (Lipinski definition) is 0. The van der Waals surface area contributed by atoms with Crippen LogP contribution in [0.2, 0.25) is 0 Å². The van der Waals surface area contributed by atoms with Crippen LogP contribution in [0.4, 0.5) is 4.79 Å². The molecule has 1 heterocycles. The minimum atomic E-state index is -0.523. The van der Waals surface area contributed by atoms with Crippen LogP contribution in [0, 0.1) is 5.92 Å². The Morgan fingerprint density at radius 3 is 2.54 bits per heavy atom. The molecule has 0 N–H and O–H groups in total. The van der Waals surface area contributed by atoms with Gasteiger partial charge in [0.25, 0.3) is 0 Å². The SMILES string of the molecule is CC(C)(C)OC(=O)n1ccc2c1CC[C@H]1CC(C(=O)c3ccccc3)=CC=C21. The number of benzene rings is 1. The van der Waals surface area contributed by atoms with Gasteiger partial charge in [-0.25, -0.2) is 4.79 Å². The number of aromatic nitrogens is 1. The molecule has 0 saturated heterocycles. The molecule has 0 fully saturated rings. The van der Waals surface area contributed by atoms with Crippen molar-refractivity contribution in [2.75, 3.05) is 0 Å². The van der Waals surface area contributed by atoms with Gasteiger partial charge < -0.3 is 4.74 Å². The van der Waals surface area contributed by atoms with E-state index in [0.29, 0.717) is 5.92 Å². The first-order valence-corrected chi connectivity index (χ1v) is 9.78. The predicted molar refractivity (Wildman–Crippen MR) is 109 cm³/mol. The van der Waals surface area contributed by atoms with Crippen molar-refractivity contribution in [3.8, 4) is 0 Å². The van der Waals surface area contributed by atoms with Crippen molar-refractivity contribution in [1.29, 1.82) is 0 Å². The van der Waals surface area contributed by atoms with E-state index >= 15 is 0 Å². The standard InChI is InChI=1S/C24H25NO3/c1-24(2,3)28-23(27)25-14-13-20-19-11-9-18(15-17(19)10-12-21(20)25)22(26)16-7-5-4-6-8-16/h4-9,11,13-14,17H,10,12,15H2,1-3H3/t17-/m0/s1. The number of ketones is 1. The minimum Gasteiger partial charge on any atom is -0.443 e. The quantitative estimate of drug-likeness (QED) is 0.658.